The lowest BCUT2D eigenvalue weighted by Gasteiger charge is -2.22. The molecule has 0 aliphatic carbocycles. The molecule has 5 nitrogen and oxygen atoms in total. The highest BCUT2D eigenvalue weighted by molar-refractivity contribution is 5.97. The molecule has 4 atom stereocenters. The number of benzene rings is 1. The monoisotopic (exact) mass is 301 g/mol. The van der Waals surface area contributed by atoms with Crippen LogP contribution < -0.4 is 5.32 Å². The van der Waals surface area contributed by atoms with Gasteiger partial charge in [0.1, 0.15) is 5.92 Å². The number of nitrogens with one attached hydrogen (secondary N) is 1. The van der Waals surface area contributed by atoms with E-state index in [1.165, 1.54) is 0 Å². The highest BCUT2D eigenvalue weighted by Gasteiger charge is 2.53. The fraction of sp³-hybridized carbons (Fsp3) is 0.412. The van der Waals surface area contributed by atoms with E-state index in [-0.39, 0.29) is 11.8 Å². The number of carboxylic acid groups (broad SMARTS) is 1. The van der Waals surface area contributed by atoms with E-state index < -0.39 is 30.0 Å². The zero-order valence-corrected chi connectivity index (χ0v) is 12.5. The number of para-hydroxylation sites is 1. The zero-order valence-electron chi connectivity index (χ0n) is 12.5. The first-order valence-corrected chi connectivity index (χ1v) is 7.45. The summed E-state index contributed by atoms with van der Waals surface area (Å²) >= 11 is 0. The molecule has 2 aliphatic heterocycles. The van der Waals surface area contributed by atoms with Gasteiger partial charge in [-0.1, -0.05) is 44.2 Å². The van der Waals surface area contributed by atoms with Crippen molar-refractivity contribution >= 4 is 17.6 Å². The molecule has 1 fully saturated rings. The van der Waals surface area contributed by atoms with E-state index in [0.29, 0.717) is 0 Å². The molecule has 0 aromatic heterocycles. The van der Waals surface area contributed by atoms with Crippen LogP contribution in [0.5, 0.6) is 0 Å². The quantitative estimate of drug-likeness (QED) is 0.837. The third-order valence-electron chi connectivity index (χ3n) is 4.33. The summed E-state index contributed by atoms with van der Waals surface area (Å²) < 4.78 is 5.54. The molecule has 2 bridgehead atoms. The lowest BCUT2D eigenvalue weighted by atomic mass is 9.82. The molecule has 1 aromatic rings. The van der Waals surface area contributed by atoms with Crippen molar-refractivity contribution in [2.45, 2.75) is 32.0 Å². The predicted molar refractivity (Wildman–Crippen MR) is 81.6 cm³/mol. The lowest BCUT2D eigenvalue weighted by Crippen LogP contribution is -2.39. The summed E-state index contributed by atoms with van der Waals surface area (Å²) in [6.45, 7) is 4.10. The topological polar surface area (TPSA) is 75.6 Å². The second kappa shape index (κ2) is 5.57. The first-order valence-electron chi connectivity index (χ1n) is 7.45. The summed E-state index contributed by atoms with van der Waals surface area (Å²) in [6, 6.07) is 7.58. The molecule has 1 amide bonds. The summed E-state index contributed by atoms with van der Waals surface area (Å²) in [5.41, 5.74) is 1.76. The van der Waals surface area contributed by atoms with Crippen LogP contribution in [0.15, 0.2) is 36.4 Å². The van der Waals surface area contributed by atoms with E-state index in [1.54, 1.807) is 12.2 Å². The largest absolute Gasteiger partial charge is 0.481 e. The van der Waals surface area contributed by atoms with Crippen molar-refractivity contribution in [1.82, 2.24) is 0 Å². The molecule has 2 N–H and O–H groups in total. The van der Waals surface area contributed by atoms with Crippen LogP contribution >= 0.6 is 0 Å². The van der Waals surface area contributed by atoms with E-state index in [0.717, 1.165) is 11.3 Å². The third-order valence-corrected chi connectivity index (χ3v) is 4.33. The summed E-state index contributed by atoms with van der Waals surface area (Å²) in [4.78, 5) is 24.0. The fourth-order valence-electron chi connectivity index (χ4n) is 3.25. The van der Waals surface area contributed by atoms with Gasteiger partial charge in [-0.2, -0.15) is 0 Å². The Balaban J connectivity index is 1.83. The molecule has 2 heterocycles. The van der Waals surface area contributed by atoms with Crippen molar-refractivity contribution in [3.8, 4) is 0 Å². The minimum Gasteiger partial charge on any atom is -0.481 e. The molecule has 0 radical (unpaired) electrons. The number of aliphatic carboxylic acids is 1. The molecule has 0 saturated carbocycles. The van der Waals surface area contributed by atoms with E-state index in [4.69, 9.17) is 4.74 Å². The Morgan fingerprint density at radius 2 is 1.77 bits per heavy atom. The van der Waals surface area contributed by atoms with Crippen LogP contribution in [0.25, 0.3) is 0 Å². The van der Waals surface area contributed by atoms with Gasteiger partial charge in [0.25, 0.3) is 0 Å². The van der Waals surface area contributed by atoms with E-state index in [2.05, 4.69) is 19.2 Å². The minimum absolute atomic E-state index is 0.267. The van der Waals surface area contributed by atoms with Crippen LogP contribution in [0, 0.1) is 11.8 Å². The maximum absolute atomic E-state index is 12.6. The molecule has 116 valence electrons. The number of amides is 1. The van der Waals surface area contributed by atoms with Gasteiger partial charge in [0.05, 0.1) is 18.1 Å². The molecule has 1 aromatic carbocycles. The summed E-state index contributed by atoms with van der Waals surface area (Å²) in [6.07, 6.45) is 2.56. The Hall–Kier alpha value is -2.14. The standard InChI is InChI=1S/C17H19NO4/c1-9(2)10-5-3-4-6-11(10)18-16(19)14-12-7-8-13(22-12)15(14)17(20)21/h3-9,12-15H,1-2H3,(H,18,19)(H,20,21)/t12-,13-,14-,15-/m1/s1. The number of hydrogen-bond acceptors (Lipinski definition) is 3. The molecule has 0 unspecified atom stereocenters. The number of rotatable bonds is 4. The molecular weight excluding hydrogens is 282 g/mol. The van der Waals surface area contributed by atoms with E-state index in [9.17, 15) is 14.7 Å². The highest BCUT2D eigenvalue weighted by Crippen LogP contribution is 2.40. The second-order valence-electron chi connectivity index (χ2n) is 6.07. The Morgan fingerprint density at radius 3 is 2.41 bits per heavy atom. The molecule has 5 heteroatoms. The SMILES string of the molecule is CC(C)c1ccccc1NC(=O)[C@H]1[C@H](C(=O)O)[C@H]2C=C[C@H]1O2. The summed E-state index contributed by atoms with van der Waals surface area (Å²) in [5, 5.41) is 12.3. The second-order valence-corrected chi connectivity index (χ2v) is 6.07. The smallest absolute Gasteiger partial charge is 0.310 e. The van der Waals surface area contributed by atoms with Gasteiger partial charge in [-0.3, -0.25) is 9.59 Å². The maximum atomic E-state index is 12.6. The number of hydrogen-bond donors (Lipinski definition) is 2. The van der Waals surface area contributed by atoms with Crippen molar-refractivity contribution in [3.05, 3.63) is 42.0 Å². The first-order chi connectivity index (χ1) is 10.5. The van der Waals surface area contributed by atoms with Crippen LogP contribution in [0.2, 0.25) is 0 Å². The van der Waals surface area contributed by atoms with Crippen molar-refractivity contribution < 1.29 is 19.4 Å². The Labute approximate surface area is 129 Å². The van der Waals surface area contributed by atoms with Crippen molar-refractivity contribution in [3.63, 3.8) is 0 Å². The van der Waals surface area contributed by atoms with Crippen LogP contribution in [0.3, 0.4) is 0 Å². The number of carbonyl (C=O) groups excluding carboxylic acids is 1. The Bertz CT molecular complexity index is 637. The van der Waals surface area contributed by atoms with Gasteiger partial charge in [-0.05, 0) is 17.5 Å². The van der Waals surface area contributed by atoms with Crippen molar-refractivity contribution in [2.24, 2.45) is 11.8 Å². The predicted octanol–water partition coefficient (Wildman–Crippen LogP) is 2.40. The zero-order chi connectivity index (χ0) is 15.9. The Kier molecular flexibility index (Phi) is 3.74. The van der Waals surface area contributed by atoms with E-state index in [1.807, 2.05) is 24.3 Å². The van der Waals surface area contributed by atoms with Gasteiger partial charge in [-0.15, -0.1) is 0 Å². The lowest BCUT2D eigenvalue weighted by molar-refractivity contribution is -0.145. The van der Waals surface area contributed by atoms with Gasteiger partial charge in [0.15, 0.2) is 0 Å². The highest BCUT2D eigenvalue weighted by atomic mass is 16.5. The molecule has 0 spiro atoms. The maximum Gasteiger partial charge on any atom is 0.310 e. The third kappa shape index (κ3) is 2.41. The van der Waals surface area contributed by atoms with Gasteiger partial charge < -0.3 is 15.2 Å². The van der Waals surface area contributed by atoms with Crippen molar-refractivity contribution in [2.75, 3.05) is 5.32 Å². The number of carboxylic acids is 1. The number of ether oxygens (including phenoxy) is 1. The van der Waals surface area contributed by atoms with Gasteiger partial charge in [0, 0.05) is 5.69 Å². The molecular formula is C17H19NO4. The van der Waals surface area contributed by atoms with Crippen LogP contribution in [0.1, 0.15) is 25.3 Å². The molecule has 22 heavy (non-hydrogen) atoms. The minimum atomic E-state index is -0.992. The van der Waals surface area contributed by atoms with Crippen LogP contribution in [-0.2, 0) is 14.3 Å². The van der Waals surface area contributed by atoms with Crippen LogP contribution in [0.4, 0.5) is 5.69 Å². The average molecular weight is 301 g/mol. The average Bonchev–Trinajstić information content (AvgIpc) is 3.08. The molecule has 3 rings (SSSR count). The normalized spacial score (nSPS) is 29.0. The van der Waals surface area contributed by atoms with Crippen LogP contribution in [-0.4, -0.2) is 29.2 Å². The summed E-state index contributed by atoms with van der Waals surface area (Å²) in [7, 11) is 0. The van der Waals surface area contributed by atoms with Gasteiger partial charge >= 0.3 is 5.97 Å². The van der Waals surface area contributed by atoms with Crippen molar-refractivity contribution in [1.29, 1.82) is 0 Å². The summed E-state index contributed by atoms with van der Waals surface area (Å²) in [5.74, 6) is -2.52. The number of carbonyl (C=O) groups is 2. The van der Waals surface area contributed by atoms with E-state index >= 15 is 0 Å². The molecule has 1 saturated heterocycles. The molecule has 2 aliphatic rings. The van der Waals surface area contributed by atoms with Gasteiger partial charge in [0.2, 0.25) is 5.91 Å². The first kappa shape index (κ1) is 14.8. The Morgan fingerprint density at radius 1 is 1.14 bits per heavy atom. The number of fused-ring (bicyclic) bond motifs is 2. The fourth-order valence-corrected chi connectivity index (χ4v) is 3.25. The van der Waals surface area contributed by atoms with Gasteiger partial charge in [-0.25, -0.2) is 0 Å². The number of anilines is 1.